The summed E-state index contributed by atoms with van der Waals surface area (Å²) >= 11 is 0. The van der Waals surface area contributed by atoms with E-state index in [0.29, 0.717) is 0 Å². The monoisotopic (exact) mass is 377 g/mol. The van der Waals surface area contributed by atoms with Gasteiger partial charge in [-0.05, 0) is 71.5 Å². The molecule has 2 unspecified atom stereocenters. The van der Waals surface area contributed by atoms with Crippen LogP contribution in [0.2, 0.25) is 0 Å². The maximum Gasteiger partial charge on any atom is 0.136 e. The second-order valence-corrected chi connectivity index (χ2v) is 8.68. The molecule has 2 aromatic heterocycles. The van der Waals surface area contributed by atoms with Crippen molar-refractivity contribution in [3.05, 3.63) is 78.0 Å². The fraction of sp³-hybridized carbons (Fsp3) is 0.222. The minimum Gasteiger partial charge on any atom is -0.456 e. The van der Waals surface area contributed by atoms with Gasteiger partial charge in [0.15, 0.2) is 0 Å². The molecular formula is C27H23NO. The van der Waals surface area contributed by atoms with Gasteiger partial charge in [0.25, 0.3) is 0 Å². The van der Waals surface area contributed by atoms with Crippen molar-refractivity contribution in [2.45, 2.75) is 26.7 Å². The summed E-state index contributed by atoms with van der Waals surface area (Å²) in [6.07, 6.45) is 4.19. The lowest BCUT2D eigenvalue weighted by molar-refractivity contribution is 0.361. The largest absolute Gasteiger partial charge is 0.456 e. The summed E-state index contributed by atoms with van der Waals surface area (Å²) in [7, 11) is 0. The summed E-state index contributed by atoms with van der Waals surface area (Å²) < 4.78 is 6.31. The lowest BCUT2D eigenvalue weighted by Crippen LogP contribution is -2.20. The summed E-state index contributed by atoms with van der Waals surface area (Å²) in [5.41, 5.74) is 7.08. The normalized spacial score (nSPS) is 19.1. The quantitative estimate of drug-likeness (QED) is 0.309. The maximum atomic E-state index is 6.31. The van der Waals surface area contributed by atoms with Gasteiger partial charge in [0.2, 0.25) is 0 Å². The van der Waals surface area contributed by atoms with Crippen molar-refractivity contribution in [1.29, 1.82) is 0 Å². The molecule has 1 aliphatic rings. The van der Waals surface area contributed by atoms with Gasteiger partial charge in [0, 0.05) is 27.9 Å². The molecule has 1 aliphatic carbocycles. The van der Waals surface area contributed by atoms with Crippen LogP contribution in [0.15, 0.2) is 71.3 Å². The van der Waals surface area contributed by atoms with Gasteiger partial charge >= 0.3 is 0 Å². The third-order valence-corrected chi connectivity index (χ3v) is 6.78. The van der Waals surface area contributed by atoms with Crippen LogP contribution in [0.25, 0.3) is 44.0 Å². The van der Waals surface area contributed by atoms with Gasteiger partial charge in [-0.2, -0.15) is 0 Å². The molecule has 3 aromatic carbocycles. The van der Waals surface area contributed by atoms with Crippen molar-refractivity contribution in [2.75, 3.05) is 0 Å². The number of furan rings is 1. The molecule has 0 fully saturated rings. The van der Waals surface area contributed by atoms with E-state index in [1.807, 2.05) is 12.3 Å². The maximum absolute atomic E-state index is 6.31. The van der Waals surface area contributed by atoms with E-state index in [-0.39, 0.29) is 0 Å². The Bertz CT molecular complexity index is 1380. The van der Waals surface area contributed by atoms with E-state index in [2.05, 4.69) is 68.4 Å². The van der Waals surface area contributed by atoms with Gasteiger partial charge in [0.1, 0.15) is 11.2 Å². The minimum absolute atomic E-state index is 0.728. The van der Waals surface area contributed by atoms with Gasteiger partial charge in [-0.3, -0.25) is 4.98 Å². The van der Waals surface area contributed by atoms with Crippen LogP contribution in [0, 0.1) is 11.8 Å². The Hall–Kier alpha value is -3.13. The number of rotatable bonds is 1. The highest BCUT2D eigenvalue weighted by molar-refractivity contribution is 6.12. The first-order valence-electron chi connectivity index (χ1n) is 10.5. The first-order chi connectivity index (χ1) is 14.2. The average molecular weight is 377 g/mol. The number of hydrogen-bond acceptors (Lipinski definition) is 2. The molecule has 0 saturated carbocycles. The lowest BCUT2D eigenvalue weighted by Gasteiger charge is -2.27. The van der Waals surface area contributed by atoms with E-state index < -0.39 is 0 Å². The topological polar surface area (TPSA) is 26.0 Å². The standard InChI is InChI=1S/C27H23NO/c1-16-10-20-12-23-24-15-22-19(8-9-28-27(22)18-6-4-3-5-7-18)13-25(24)29-26(23)14-21(20)11-17(16)2/h3-9,12-17H,10-11H2,1-2H3. The van der Waals surface area contributed by atoms with Crippen LogP contribution in [0.4, 0.5) is 0 Å². The first-order valence-corrected chi connectivity index (χ1v) is 10.5. The fourth-order valence-electron chi connectivity index (χ4n) is 4.88. The SMILES string of the molecule is CC1Cc2cc3oc4cc5ccnc(-c6ccccc6)c5cc4c3cc2CC1C. The second-order valence-electron chi connectivity index (χ2n) is 8.68. The third-order valence-electron chi connectivity index (χ3n) is 6.78. The van der Waals surface area contributed by atoms with Crippen LogP contribution in [0.5, 0.6) is 0 Å². The summed E-state index contributed by atoms with van der Waals surface area (Å²) in [5, 5.41) is 4.75. The lowest BCUT2D eigenvalue weighted by atomic mass is 9.77. The summed E-state index contributed by atoms with van der Waals surface area (Å²) in [5.74, 6) is 1.46. The Morgan fingerprint density at radius 1 is 0.759 bits per heavy atom. The molecule has 0 spiro atoms. The number of hydrogen-bond donors (Lipinski definition) is 0. The summed E-state index contributed by atoms with van der Waals surface area (Å²) in [6.45, 7) is 4.73. The Balaban J connectivity index is 1.63. The van der Waals surface area contributed by atoms with Gasteiger partial charge in [0.05, 0.1) is 5.69 Å². The molecule has 0 N–H and O–H groups in total. The third kappa shape index (κ3) is 2.59. The molecule has 0 bridgehead atoms. The summed E-state index contributed by atoms with van der Waals surface area (Å²) in [4.78, 5) is 4.71. The molecule has 142 valence electrons. The number of pyridine rings is 1. The van der Waals surface area contributed by atoms with Crippen LogP contribution in [0.3, 0.4) is 0 Å². The van der Waals surface area contributed by atoms with E-state index in [0.717, 1.165) is 52.5 Å². The van der Waals surface area contributed by atoms with Crippen molar-refractivity contribution >= 4 is 32.7 Å². The molecule has 0 saturated heterocycles. The highest BCUT2D eigenvalue weighted by Gasteiger charge is 2.23. The van der Waals surface area contributed by atoms with E-state index in [1.165, 1.54) is 27.3 Å². The first kappa shape index (κ1) is 16.8. The smallest absolute Gasteiger partial charge is 0.136 e. The molecule has 6 rings (SSSR count). The van der Waals surface area contributed by atoms with Crippen molar-refractivity contribution in [1.82, 2.24) is 4.98 Å². The Morgan fingerprint density at radius 2 is 1.45 bits per heavy atom. The van der Waals surface area contributed by atoms with Crippen LogP contribution in [0.1, 0.15) is 25.0 Å². The van der Waals surface area contributed by atoms with Crippen LogP contribution in [-0.4, -0.2) is 4.98 Å². The Kier molecular flexibility index (Phi) is 3.58. The zero-order valence-electron chi connectivity index (χ0n) is 16.8. The van der Waals surface area contributed by atoms with Crippen molar-refractivity contribution < 1.29 is 4.42 Å². The van der Waals surface area contributed by atoms with Gasteiger partial charge < -0.3 is 4.42 Å². The Morgan fingerprint density at radius 3 is 2.24 bits per heavy atom. The van der Waals surface area contributed by atoms with Crippen molar-refractivity contribution in [3.8, 4) is 11.3 Å². The second kappa shape index (κ2) is 6.18. The van der Waals surface area contributed by atoms with Gasteiger partial charge in [-0.1, -0.05) is 44.2 Å². The van der Waals surface area contributed by atoms with Crippen LogP contribution in [-0.2, 0) is 12.8 Å². The number of benzene rings is 3. The number of nitrogens with zero attached hydrogens (tertiary/aromatic N) is 1. The molecule has 0 amide bonds. The fourth-order valence-corrected chi connectivity index (χ4v) is 4.88. The van der Waals surface area contributed by atoms with E-state index in [4.69, 9.17) is 9.40 Å². The van der Waals surface area contributed by atoms with Crippen LogP contribution < -0.4 is 0 Å². The zero-order chi connectivity index (χ0) is 19.5. The predicted molar refractivity (Wildman–Crippen MR) is 120 cm³/mol. The molecule has 5 aromatic rings. The van der Waals surface area contributed by atoms with Gasteiger partial charge in [-0.25, -0.2) is 0 Å². The number of aromatic nitrogens is 1. The molecule has 29 heavy (non-hydrogen) atoms. The molecule has 2 heteroatoms. The van der Waals surface area contributed by atoms with Crippen LogP contribution >= 0.6 is 0 Å². The van der Waals surface area contributed by atoms with Crippen molar-refractivity contribution in [3.63, 3.8) is 0 Å². The zero-order valence-corrected chi connectivity index (χ0v) is 16.8. The molecular weight excluding hydrogens is 354 g/mol. The molecule has 2 atom stereocenters. The highest BCUT2D eigenvalue weighted by atomic mass is 16.3. The van der Waals surface area contributed by atoms with Gasteiger partial charge in [-0.15, -0.1) is 0 Å². The average Bonchev–Trinajstić information content (AvgIpc) is 3.08. The highest BCUT2D eigenvalue weighted by Crippen LogP contribution is 2.39. The summed E-state index contributed by atoms with van der Waals surface area (Å²) in [6, 6.07) is 21.6. The van der Waals surface area contributed by atoms with E-state index in [9.17, 15) is 0 Å². The molecule has 0 radical (unpaired) electrons. The minimum atomic E-state index is 0.728. The molecule has 2 heterocycles. The molecule has 2 nitrogen and oxygen atoms in total. The predicted octanol–water partition coefficient (Wildman–Crippen LogP) is 7.17. The Labute approximate surface area is 170 Å². The van der Waals surface area contributed by atoms with E-state index >= 15 is 0 Å². The van der Waals surface area contributed by atoms with Crippen molar-refractivity contribution in [2.24, 2.45) is 11.8 Å². The van der Waals surface area contributed by atoms with E-state index in [1.54, 1.807) is 0 Å². The molecule has 0 aliphatic heterocycles. The number of fused-ring (bicyclic) bond motifs is 5.